The summed E-state index contributed by atoms with van der Waals surface area (Å²) < 4.78 is 5.70. The standard InChI is InChI=1S/C17H19N3O2S/c1-2-16-18-8-11-9-20(10-12(11)19-16)17(21)15-6-5-14(23-15)13-4-3-7-22-13/h5-6,8,13H,2-4,7,9-10H2,1H3. The largest absolute Gasteiger partial charge is 0.373 e. The second-order valence-electron chi connectivity index (χ2n) is 5.98. The summed E-state index contributed by atoms with van der Waals surface area (Å²) in [6.07, 6.45) is 5.01. The van der Waals surface area contributed by atoms with Crippen molar-refractivity contribution in [2.24, 2.45) is 0 Å². The lowest BCUT2D eigenvalue weighted by atomic mass is 10.2. The van der Waals surface area contributed by atoms with Crippen LogP contribution in [0.25, 0.3) is 0 Å². The first-order chi connectivity index (χ1) is 11.2. The van der Waals surface area contributed by atoms with Gasteiger partial charge in [-0.1, -0.05) is 6.92 Å². The molecule has 0 N–H and O–H groups in total. The zero-order valence-corrected chi connectivity index (χ0v) is 13.9. The third-order valence-corrected chi connectivity index (χ3v) is 5.56. The quantitative estimate of drug-likeness (QED) is 0.868. The number of aryl methyl sites for hydroxylation is 1. The van der Waals surface area contributed by atoms with E-state index in [9.17, 15) is 4.79 Å². The van der Waals surface area contributed by atoms with E-state index in [0.717, 1.165) is 52.7 Å². The van der Waals surface area contributed by atoms with E-state index in [4.69, 9.17) is 4.74 Å². The molecule has 0 radical (unpaired) electrons. The Kier molecular flexibility index (Phi) is 3.87. The molecule has 2 aromatic heterocycles. The molecule has 1 unspecified atom stereocenters. The third kappa shape index (κ3) is 2.77. The fourth-order valence-electron chi connectivity index (χ4n) is 3.11. The highest BCUT2D eigenvalue weighted by atomic mass is 32.1. The number of carbonyl (C=O) groups excluding carboxylic acids is 1. The number of aromatic nitrogens is 2. The maximum Gasteiger partial charge on any atom is 0.264 e. The summed E-state index contributed by atoms with van der Waals surface area (Å²) in [5.74, 6) is 0.921. The molecule has 0 spiro atoms. The third-order valence-electron chi connectivity index (χ3n) is 4.39. The van der Waals surface area contributed by atoms with Gasteiger partial charge in [0.1, 0.15) is 5.82 Å². The predicted octanol–water partition coefficient (Wildman–Crippen LogP) is 3.11. The Morgan fingerprint density at radius 2 is 2.35 bits per heavy atom. The van der Waals surface area contributed by atoms with Crippen molar-refractivity contribution >= 4 is 17.2 Å². The van der Waals surface area contributed by atoms with Crippen LogP contribution in [0, 0.1) is 0 Å². The van der Waals surface area contributed by atoms with Crippen molar-refractivity contribution < 1.29 is 9.53 Å². The molecule has 2 aromatic rings. The molecule has 1 fully saturated rings. The minimum absolute atomic E-state index is 0.0790. The van der Waals surface area contributed by atoms with E-state index in [-0.39, 0.29) is 12.0 Å². The van der Waals surface area contributed by atoms with Gasteiger partial charge in [-0.2, -0.15) is 0 Å². The normalized spacial score (nSPS) is 20.0. The topological polar surface area (TPSA) is 55.3 Å². The summed E-state index contributed by atoms with van der Waals surface area (Å²) in [4.78, 5) is 25.4. The minimum Gasteiger partial charge on any atom is -0.373 e. The molecule has 4 rings (SSSR count). The van der Waals surface area contributed by atoms with Gasteiger partial charge in [0.2, 0.25) is 0 Å². The smallest absolute Gasteiger partial charge is 0.264 e. The Morgan fingerprint density at radius 3 is 3.13 bits per heavy atom. The van der Waals surface area contributed by atoms with E-state index in [1.54, 1.807) is 11.3 Å². The monoisotopic (exact) mass is 329 g/mol. The van der Waals surface area contributed by atoms with Gasteiger partial charge >= 0.3 is 0 Å². The Hall–Kier alpha value is -1.79. The van der Waals surface area contributed by atoms with E-state index in [0.29, 0.717) is 13.1 Å². The maximum absolute atomic E-state index is 12.7. The Labute approximate surface area is 139 Å². The van der Waals surface area contributed by atoms with E-state index in [1.165, 1.54) is 0 Å². The summed E-state index contributed by atoms with van der Waals surface area (Å²) >= 11 is 1.56. The average Bonchev–Trinajstić information content (AvgIpc) is 3.31. The van der Waals surface area contributed by atoms with Gasteiger partial charge < -0.3 is 9.64 Å². The number of fused-ring (bicyclic) bond motifs is 1. The molecule has 0 bridgehead atoms. The van der Waals surface area contributed by atoms with Gasteiger partial charge in [0, 0.05) is 36.2 Å². The molecule has 1 amide bonds. The van der Waals surface area contributed by atoms with E-state index in [1.807, 2.05) is 30.2 Å². The first-order valence-electron chi connectivity index (χ1n) is 8.09. The van der Waals surface area contributed by atoms with Crippen LogP contribution in [0.4, 0.5) is 0 Å². The molecule has 120 valence electrons. The lowest BCUT2D eigenvalue weighted by molar-refractivity contribution is 0.0755. The second kappa shape index (κ2) is 6.02. The van der Waals surface area contributed by atoms with E-state index < -0.39 is 0 Å². The number of thiophene rings is 1. The molecule has 1 saturated heterocycles. The van der Waals surface area contributed by atoms with E-state index in [2.05, 4.69) is 9.97 Å². The molecule has 6 heteroatoms. The molecular weight excluding hydrogens is 310 g/mol. The predicted molar refractivity (Wildman–Crippen MR) is 87.2 cm³/mol. The lowest BCUT2D eigenvalue weighted by Crippen LogP contribution is -2.24. The van der Waals surface area contributed by atoms with Gasteiger partial charge in [-0.15, -0.1) is 11.3 Å². The Balaban J connectivity index is 1.50. The zero-order chi connectivity index (χ0) is 15.8. The summed E-state index contributed by atoms with van der Waals surface area (Å²) in [7, 11) is 0. The molecule has 4 heterocycles. The SMILES string of the molecule is CCc1ncc2c(n1)CN(C(=O)c1ccc(C3CCCO3)s1)C2. The van der Waals surface area contributed by atoms with Gasteiger partial charge in [0.15, 0.2) is 0 Å². The molecule has 2 aliphatic rings. The highest BCUT2D eigenvalue weighted by Crippen LogP contribution is 2.34. The molecule has 0 aromatic carbocycles. The van der Waals surface area contributed by atoms with Crippen molar-refractivity contribution in [2.75, 3.05) is 6.61 Å². The highest BCUT2D eigenvalue weighted by Gasteiger charge is 2.28. The van der Waals surface area contributed by atoms with Crippen molar-refractivity contribution in [3.63, 3.8) is 0 Å². The van der Waals surface area contributed by atoms with Gasteiger partial charge in [-0.3, -0.25) is 4.79 Å². The van der Waals surface area contributed by atoms with Crippen LogP contribution in [0.2, 0.25) is 0 Å². The first-order valence-corrected chi connectivity index (χ1v) is 8.90. The Bertz CT molecular complexity index is 737. The van der Waals surface area contributed by atoms with Crippen LogP contribution in [0.5, 0.6) is 0 Å². The number of hydrogen-bond donors (Lipinski definition) is 0. The summed E-state index contributed by atoms with van der Waals surface area (Å²) in [6, 6.07) is 3.96. The zero-order valence-electron chi connectivity index (χ0n) is 13.1. The minimum atomic E-state index is 0.0790. The van der Waals surface area contributed by atoms with Crippen molar-refractivity contribution in [3.05, 3.63) is 45.2 Å². The number of rotatable bonds is 3. The molecule has 0 aliphatic carbocycles. The van der Waals surface area contributed by atoms with Crippen molar-refractivity contribution in [1.29, 1.82) is 0 Å². The van der Waals surface area contributed by atoms with Crippen LogP contribution >= 0.6 is 11.3 Å². The number of nitrogens with zero attached hydrogens (tertiary/aromatic N) is 3. The van der Waals surface area contributed by atoms with Gasteiger partial charge in [0.05, 0.1) is 23.2 Å². The van der Waals surface area contributed by atoms with Crippen molar-refractivity contribution in [2.45, 2.75) is 45.4 Å². The molecule has 2 aliphatic heterocycles. The molecule has 1 atom stereocenters. The van der Waals surface area contributed by atoms with Gasteiger partial charge in [0.25, 0.3) is 5.91 Å². The molecule has 23 heavy (non-hydrogen) atoms. The number of ether oxygens (including phenoxy) is 1. The highest BCUT2D eigenvalue weighted by molar-refractivity contribution is 7.14. The maximum atomic E-state index is 12.7. The lowest BCUT2D eigenvalue weighted by Gasteiger charge is -2.13. The van der Waals surface area contributed by atoms with Crippen LogP contribution in [0.3, 0.4) is 0 Å². The van der Waals surface area contributed by atoms with Crippen molar-refractivity contribution in [1.82, 2.24) is 14.9 Å². The van der Waals surface area contributed by atoms with Crippen LogP contribution in [0.15, 0.2) is 18.3 Å². The fraction of sp³-hybridized carbons (Fsp3) is 0.471. The van der Waals surface area contributed by atoms with E-state index >= 15 is 0 Å². The van der Waals surface area contributed by atoms with Crippen LogP contribution < -0.4 is 0 Å². The summed E-state index contributed by atoms with van der Waals surface area (Å²) in [5.41, 5.74) is 2.05. The number of hydrogen-bond acceptors (Lipinski definition) is 5. The van der Waals surface area contributed by atoms with Gasteiger partial charge in [-0.05, 0) is 25.0 Å². The molecule has 0 saturated carbocycles. The van der Waals surface area contributed by atoms with Crippen LogP contribution in [-0.4, -0.2) is 27.4 Å². The van der Waals surface area contributed by atoms with Crippen molar-refractivity contribution in [3.8, 4) is 0 Å². The summed E-state index contributed by atoms with van der Waals surface area (Å²) in [6.45, 7) is 4.05. The number of carbonyl (C=O) groups is 1. The first kappa shape index (κ1) is 14.8. The molecule has 5 nitrogen and oxygen atoms in total. The Morgan fingerprint density at radius 1 is 1.43 bits per heavy atom. The summed E-state index contributed by atoms with van der Waals surface area (Å²) in [5, 5.41) is 0. The molecular formula is C17H19N3O2S. The van der Waals surface area contributed by atoms with Crippen LogP contribution in [0.1, 0.15) is 57.5 Å². The number of amides is 1. The second-order valence-corrected chi connectivity index (χ2v) is 7.09. The van der Waals surface area contributed by atoms with Crippen LogP contribution in [-0.2, 0) is 24.2 Å². The fourth-order valence-corrected chi connectivity index (χ4v) is 4.17. The van der Waals surface area contributed by atoms with Gasteiger partial charge in [-0.25, -0.2) is 9.97 Å². The average molecular weight is 329 g/mol.